The van der Waals surface area contributed by atoms with Gasteiger partial charge in [0.05, 0.1) is 12.3 Å². The molecule has 0 aliphatic carbocycles. The lowest BCUT2D eigenvalue weighted by molar-refractivity contribution is 0.198. The summed E-state index contributed by atoms with van der Waals surface area (Å²) in [6.07, 6.45) is 4.10. The van der Waals surface area contributed by atoms with Crippen LogP contribution in [-0.2, 0) is 11.2 Å². The van der Waals surface area contributed by atoms with Crippen molar-refractivity contribution in [3.05, 3.63) is 18.0 Å². The summed E-state index contributed by atoms with van der Waals surface area (Å²) in [6, 6.07) is 2.53. The molecule has 0 aliphatic heterocycles. The van der Waals surface area contributed by atoms with Crippen LogP contribution in [0.15, 0.2) is 12.3 Å². The van der Waals surface area contributed by atoms with Crippen molar-refractivity contribution in [3.8, 4) is 0 Å². The fourth-order valence-electron chi connectivity index (χ4n) is 1.37. The molecule has 15 heavy (non-hydrogen) atoms. The number of aryl methyl sites for hydroxylation is 1. The molecule has 0 aromatic carbocycles. The van der Waals surface area contributed by atoms with Crippen LogP contribution in [0.2, 0.25) is 0 Å². The molecular weight excluding hydrogens is 256 g/mol. The smallest absolute Gasteiger partial charge is 0.0625 e. The first-order valence-electron chi connectivity index (χ1n) is 5.30. The van der Waals surface area contributed by atoms with E-state index in [-0.39, 0.29) is 0 Å². The van der Waals surface area contributed by atoms with Crippen LogP contribution < -0.4 is 0 Å². The van der Waals surface area contributed by atoms with Gasteiger partial charge in [0, 0.05) is 24.2 Å². The Morgan fingerprint density at radius 2 is 2.27 bits per heavy atom. The summed E-state index contributed by atoms with van der Waals surface area (Å²) in [4.78, 5) is 0.423. The molecule has 0 amide bonds. The summed E-state index contributed by atoms with van der Waals surface area (Å²) in [5, 5.41) is 4.50. The summed E-state index contributed by atoms with van der Waals surface area (Å²) in [6.45, 7) is 5.02. The molecule has 0 aliphatic rings. The zero-order chi connectivity index (χ0) is 11.3. The van der Waals surface area contributed by atoms with Gasteiger partial charge in [-0.15, -0.1) is 0 Å². The quantitative estimate of drug-likeness (QED) is 0.746. The van der Waals surface area contributed by atoms with Gasteiger partial charge in [0.1, 0.15) is 0 Å². The molecule has 0 spiro atoms. The highest BCUT2D eigenvalue weighted by Crippen LogP contribution is 2.11. The predicted molar refractivity (Wildman–Crippen MR) is 65.5 cm³/mol. The Kier molecular flexibility index (Phi) is 5.32. The minimum atomic E-state index is 0.423. The first kappa shape index (κ1) is 12.7. The molecule has 1 heterocycles. The van der Waals surface area contributed by atoms with Gasteiger partial charge in [-0.25, -0.2) is 0 Å². The van der Waals surface area contributed by atoms with Gasteiger partial charge in [-0.3, -0.25) is 4.68 Å². The summed E-state index contributed by atoms with van der Waals surface area (Å²) >= 11 is 3.57. The molecule has 86 valence electrons. The molecule has 0 radical (unpaired) electrons. The monoisotopic (exact) mass is 274 g/mol. The number of hydrogen-bond donors (Lipinski definition) is 0. The van der Waals surface area contributed by atoms with Gasteiger partial charge in [0.2, 0.25) is 0 Å². The maximum absolute atomic E-state index is 5.06. The van der Waals surface area contributed by atoms with Gasteiger partial charge in [0.25, 0.3) is 0 Å². The Morgan fingerprint density at radius 3 is 2.80 bits per heavy atom. The largest absolute Gasteiger partial charge is 0.384 e. The van der Waals surface area contributed by atoms with Gasteiger partial charge in [-0.05, 0) is 32.8 Å². The first-order chi connectivity index (χ1) is 7.13. The van der Waals surface area contributed by atoms with Crippen LogP contribution in [0, 0.1) is 0 Å². The van der Waals surface area contributed by atoms with Crippen LogP contribution in [0.3, 0.4) is 0 Å². The third-order valence-corrected chi connectivity index (χ3v) is 2.98. The maximum Gasteiger partial charge on any atom is 0.0625 e. The van der Waals surface area contributed by atoms with E-state index in [0.29, 0.717) is 10.9 Å². The van der Waals surface area contributed by atoms with Crippen molar-refractivity contribution in [1.82, 2.24) is 9.78 Å². The van der Waals surface area contributed by atoms with E-state index in [0.717, 1.165) is 25.1 Å². The summed E-state index contributed by atoms with van der Waals surface area (Å²) in [5.41, 5.74) is 1.16. The van der Waals surface area contributed by atoms with Crippen molar-refractivity contribution in [2.75, 3.05) is 13.7 Å². The number of halogens is 1. The van der Waals surface area contributed by atoms with Crippen LogP contribution in [0.4, 0.5) is 0 Å². The zero-order valence-corrected chi connectivity index (χ0v) is 11.2. The van der Waals surface area contributed by atoms with Crippen molar-refractivity contribution >= 4 is 15.9 Å². The number of aromatic nitrogens is 2. The highest BCUT2D eigenvalue weighted by molar-refractivity contribution is 9.09. The fraction of sp³-hybridized carbons (Fsp3) is 0.727. The predicted octanol–water partition coefficient (Wildman–Crippen LogP) is 2.81. The normalized spacial score (nSPS) is 13.4. The second kappa shape index (κ2) is 6.28. The van der Waals surface area contributed by atoms with E-state index in [1.807, 2.05) is 10.9 Å². The van der Waals surface area contributed by atoms with E-state index in [9.17, 15) is 0 Å². The van der Waals surface area contributed by atoms with Crippen molar-refractivity contribution in [2.24, 2.45) is 0 Å². The molecule has 0 fully saturated rings. The van der Waals surface area contributed by atoms with Crippen LogP contribution in [-0.4, -0.2) is 28.3 Å². The van der Waals surface area contributed by atoms with Crippen molar-refractivity contribution < 1.29 is 4.74 Å². The average Bonchev–Trinajstić information content (AvgIpc) is 2.63. The number of methoxy groups -OCH3 is 1. The molecule has 0 saturated heterocycles. The molecular formula is C11H19BrN2O. The molecule has 4 heteroatoms. The summed E-state index contributed by atoms with van der Waals surface area (Å²) < 4.78 is 7.06. The van der Waals surface area contributed by atoms with E-state index in [4.69, 9.17) is 4.74 Å². The van der Waals surface area contributed by atoms with Crippen LogP contribution in [0.5, 0.6) is 0 Å². The van der Waals surface area contributed by atoms with Gasteiger partial charge in [-0.2, -0.15) is 5.10 Å². The lowest BCUT2D eigenvalue weighted by atomic mass is 10.2. The Bertz CT molecular complexity index is 286. The molecule has 1 aromatic rings. The maximum atomic E-state index is 5.06. The van der Waals surface area contributed by atoms with Crippen molar-refractivity contribution in [2.45, 2.75) is 37.6 Å². The molecule has 0 N–H and O–H groups in total. The highest BCUT2D eigenvalue weighted by Gasteiger charge is 2.06. The summed E-state index contributed by atoms with van der Waals surface area (Å²) in [7, 11) is 1.72. The molecule has 1 unspecified atom stereocenters. The highest BCUT2D eigenvalue weighted by atomic mass is 79.9. The van der Waals surface area contributed by atoms with E-state index < -0.39 is 0 Å². The van der Waals surface area contributed by atoms with E-state index in [1.54, 1.807) is 7.11 Å². The molecule has 3 nitrogen and oxygen atoms in total. The minimum Gasteiger partial charge on any atom is -0.384 e. The van der Waals surface area contributed by atoms with Crippen LogP contribution >= 0.6 is 15.9 Å². The Labute approximate surface area is 99.9 Å². The Balaban J connectivity index is 2.37. The van der Waals surface area contributed by atoms with Crippen LogP contribution in [0.1, 0.15) is 32.0 Å². The average molecular weight is 275 g/mol. The topological polar surface area (TPSA) is 27.1 Å². The van der Waals surface area contributed by atoms with Gasteiger partial charge in [-0.1, -0.05) is 15.9 Å². The first-order valence-corrected chi connectivity index (χ1v) is 6.22. The van der Waals surface area contributed by atoms with Gasteiger partial charge in [0.15, 0.2) is 0 Å². The fourth-order valence-corrected chi connectivity index (χ4v) is 1.86. The second-order valence-corrected chi connectivity index (χ2v) is 5.27. The molecule has 1 aromatic heterocycles. The number of rotatable bonds is 6. The SMILES string of the molecule is COCC(Br)CCc1ccn(C(C)C)n1. The third-order valence-electron chi connectivity index (χ3n) is 2.25. The lowest BCUT2D eigenvalue weighted by Gasteiger charge is -2.07. The number of alkyl halides is 1. The zero-order valence-electron chi connectivity index (χ0n) is 9.61. The van der Waals surface area contributed by atoms with Crippen molar-refractivity contribution in [1.29, 1.82) is 0 Å². The molecule has 0 bridgehead atoms. The van der Waals surface area contributed by atoms with E-state index in [2.05, 4.69) is 40.9 Å². The Hall–Kier alpha value is -0.350. The molecule has 1 rings (SSSR count). The minimum absolute atomic E-state index is 0.423. The van der Waals surface area contributed by atoms with E-state index >= 15 is 0 Å². The molecule has 1 atom stereocenters. The second-order valence-electron chi connectivity index (χ2n) is 3.97. The molecule has 0 saturated carbocycles. The van der Waals surface area contributed by atoms with Crippen LogP contribution in [0.25, 0.3) is 0 Å². The third kappa shape index (κ3) is 4.34. The van der Waals surface area contributed by atoms with Gasteiger partial charge < -0.3 is 4.74 Å². The summed E-state index contributed by atoms with van der Waals surface area (Å²) in [5.74, 6) is 0. The van der Waals surface area contributed by atoms with Crippen molar-refractivity contribution in [3.63, 3.8) is 0 Å². The number of nitrogens with zero attached hydrogens (tertiary/aromatic N) is 2. The Morgan fingerprint density at radius 1 is 1.53 bits per heavy atom. The van der Waals surface area contributed by atoms with Gasteiger partial charge >= 0.3 is 0 Å². The van der Waals surface area contributed by atoms with E-state index in [1.165, 1.54) is 0 Å². The standard InChI is InChI=1S/C11H19BrN2O/c1-9(2)14-7-6-11(13-14)5-4-10(12)8-15-3/h6-7,9-10H,4-5,8H2,1-3H3. The lowest BCUT2D eigenvalue weighted by Crippen LogP contribution is -2.08. The number of hydrogen-bond acceptors (Lipinski definition) is 2. The number of ether oxygens (including phenoxy) is 1.